The molecule has 2 rings (SSSR count). The fourth-order valence-electron chi connectivity index (χ4n) is 1.40. The van der Waals surface area contributed by atoms with Crippen LogP contribution < -0.4 is 5.32 Å². The van der Waals surface area contributed by atoms with Gasteiger partial charge in [-0.25, -0.2) is 0 Å². The molecule has 0 spiro atoms. The third kappa shape index (κ3) is 1.24. The van der Waals surface area contributed by atoms with Gasteiger partial charge in [-0.05, 0) is 29.5 Å². The summed E-state index contributed by atoms with van der Waals surface area (Å²) in [5.74, 6) is 0. The number of thiophene rings is 1. The van der Waals surface area contributed by atoms with Crippen LogP contribution in [0.25, 0.3) is 5.57 Å². The predicted octanol–water partition coefficient (Wildman–Crippen LogP) is 2.04. The number of hydrogen-bond acceptors (Lipinski definition) is 2. The van der Waals surface area contributed by atoms with E-state index in [0.717, 1.165) is 13.1 Å². The highest BCUT2D eigenvalue weighted by Crippen LogP contribution is 2.24. The molecule has 2 heteroatoms. The monoisotopic (exact) mass is 165 g/mol. The minimum absolute atomic E-state index is 1.03. The van der Waals surface area contributed by atoms with Crippen molar-refractivity contribution in [2.45, 2.75) is 6.92 Å². The molecule has 0 amide bonds. The van der Waals surface area contributed by atoms with Crippen LogP contribution in [0.2, 0.25) is 0 Å². The Balaban J connectivity index is 2.35. The Kier molecular flexibility index (Phi) is 1.80. The summed E-state index contributed by atoms with van der Waals surface area (Å²) >= 11 is 1.82. The normalized spacial score (nSPS) is 17.0. The number of nitrogens with one attached hydrogen (secondary N) is 1. The van der Waals surface area contributed by atoms with E-state index in [-0.39, 0.29) is 0 Å². The Bertz CT molecular complexity index is 286. The smallest absolute Gasteiger partial charge is 0.0212 e. The summed E-state index contributed by atoms with van der Waals surface area (Å²) in [4.78, 5) is 1.43. The molecule has 0 fully saturated rings. The number of rotatable bonds is 1. The molecular weight excluding hydrogens is 154 g/mol. The second kappa shape index (κ2) is 2.80. The summed E-state index contributed by atoms with van der Waals surface area (Å²) in [6.07, 6.45) is 2.27. The molecule has 11 heavy (non-hydrogen) atoms. The van der Waals surface area contributed by atoms with Crippen LogP contribution >= 0.6 is 11.3 Å². The zero-order valence-electron chi connectivity index (χ0n) is 6.55. The molecule has 58 valence electrons. The van der Waals surface area contributed by atoms with Gasteiger partial charge < -0.3 is 5.32 Å². The average molecular weight is 165 g/mol. The lowest BCUT2D eigenvalue weighted by molar-refractivity contribution is 0.897. The van der Waals surface area contributed by atoms with Gasteiger partial charge in [-0.15, -0.1) is 11.3 Å². The van der Waals surface area contributed by atoms with E-state index >= 15 is 0 Å². The molecule has 1 aromatic heterocycles. The molecule has 1 N–H and O–H groups in total. The molecule has 1 aromatic rings. The van der Waals surface area contributed by atoms with Crippen LogP contribution in [0.1, 0.15) is 10.4 Å². The molecular formula is C9H11NS. The van der Waals surface area contributed by atoms with Crippen molar-refractivity contribution in [2.24, 2.45) is 0 Å². The van der Waals surface area contributed by atoms with Gasteiger partial charge in [0.1, 0.15) is 0 Å². The van der Waals surface area contributed by atoms with Gasteiger partial charge in [-0.3, -0.25) is 0 Å². The van der Waals surface area contributed by atoms with Gasteiger partial charge in [0.05, 0.1) is 0 Å². The topological polar surface area (TPSA) is 12.0 Å². The van der Waals surface area contributed by atoms with Gasteiger partial charge in [-0.1, -0.05) is 6.08 Å². The molecule has 0 saturated heterocycles. The molecule has 2 heterocycles. The summed E-state index contributed by atoms with van der Waals surface area (Å²) < 4.78 is 0. The van der Waals surface area contributed by atoms with Crippen molar-refractivity contribution >= 4 is 16.9 Å². The van der Waals surface area contributed by atoms with Crippen molar-refractivity contribution in [1.29, 1.82) is 0 Å². The first kappa shape index (κ1) is 7.07. The Labute approximate surface area is 70.8 Å². The zero-order valence-corrected chi connectivity index (χ0v) is 7.37. The third-order valence-corrected chi connectivity index (χ3v) is 2.86. The molecule has 1 aliphatic rings. The van der Waals surface area contributed by atoms with Crippen LogP contribution in [0.5, 0.6) is 0 Å². The van der Waals surface area contributed by atoms with Crippen molar-refractivity contribution in [3.05, 3.63) is 28.0 Å². The molecule has 0 aliphatic carbocycles. The maximum atomic E-state index is 3.30. The first-order chi connectivity index (χ1) is 5.38. The lowest BCUT2D eigenvalue weighted by atomic mass is 10.1. The van der Waals surface area contributed by atoms with Crippen molar-refractivity contribution in [3.8, 4) is 0 Å². The zero-order chi connectivity index (χ0) is 7.68. The lowest BCUT2D eigenvalue weighted by Gasteiger charge is -1.98. The Morgan fingerprint density at radius 1 is 1.55 bits per heavy atom. The van der Waals surface area contributed by atoms with Gasteiger partial charge in [-0.2, -0.15) is 0 Å². The van der Waals surface area contributed by atoms with Crippen LogP contribution in [-0.2, 0) is 0 Å². The summed E-state index contributed by atoms with van der Waals surface area (Å²) in [6.45, 7) is 4.25. The van der Waals surface area contributed by atoms with Gasteiger partial charge >= 0.3 is 0 Å². The number of aryl methyl sites for hydroxylation is 1. The third-order valence-electron chi connectivity index (χ3n) is 2.01. The van der Waals surface area contributed by atoms with E-state index in [4.69, 9.17) is 0 Å². The fraction of sp³-hybridized carbons (Fsp3) is 0.333. The Morgan fingerprint density at radius 2 is 2.45 bits per heavy atom. The van der Waals surface area contributed by atoms with E-state index < -0.39 is 0 Å². The average Bonchev–Trinajstić information content (AvgIpc) is 2.55. The maximum Gasteiger partial charge on any atom is 0.0212 e. The number of hydrogen-bond donors (Lipinski definition) is 1. The quantitative estimate of drug-likeness (QED) is 0.671. The summed E-state index contributed by atoms with van der Waals surface area (Å²) in [7, 11) is 0. The second-order valence-corrected chi connectivity index (χ2v) is 3.87. The molecule has 1 nitrogen and oxygen atoms in total. The van der Waals surface area contributed by atoms with E-state index in [1.165, 1.54) is 16.0 Å². The first-order valence-corrected chi connectivity index (χ1v) is 4.70. The van der Waals surface area contributed by atoms with E-state index in [1.54, 1.807) is 0 Å². The van der Waals surface area contributed by atoms with Crippen LogP contribution in [0.4, 0.5) is 0 Å². The summed E-state index contributed by atoms with van der Waals surface area (Å²) in [5.41, 5.74) is 2.89. The van der Waals surface area contributed by atoms with Gasteiger partial charge in [0, 0.05) is 18.0 Å². The molecule has 0 saturated carbocycles. The van der Waals surface area contributed by atoms with Crippen molar-refractivity contribution < 1.29 is 0 Å². The maximum absolute atomic E-state index is 3.30. The minimum atomic E-state index is 1.03. The van der Waals surface area contributed by atoms with Gasteiger partial charge in [0.15, 0.2) is 0 Å². The van der Waals surface area contributed by atoms with E-state index in [1.807, 2.05) is 11.3 Å². The van der Waals surface area contributed by atoms with Crippen molar-refractivity contribution in [3.63, 3.8) is 0 Å². The SMILES string of the molecule is Cc1sccc1C1=CCNC1. The lowest BCUT2D eigenvalue weighted by Crippen LogP contribution is -2.07. The standard InChI is InChI=1S/C9H11NS/c1-7-9(3-5-11-7)8-2-4-10-6-8/h2-3,5,10H,4,6H2,1H3. The molecule has 1 aliphatic heterocycles. The van der Waals surface area contributed by atoms with Crippen molar-refractivity contribution in [2.75, 3.05) is 13.1 Å². The molecule has 0 unspecified atom stereocenters. The molecule has 0 bridgehead atoms. The molecule has 0 aromatic carbocycles. The predicted molar refractivity (Wildman–Crippen MR) is 49.9 cm³/mol. The largest absolute Gasteiger partial charge is 0.309 e. The second-order valence-electron chi connectivity index (χ2n) is 2.75. The molecule has 0 atom stereocenters. The van der Waals surface area contributed by atoms with Crippen LogP contribution in [-0.4, -0.2) is 13.1 Å². The van der Waals surface area contributed by atoms with E-state index in [2.05, 4.69) is 29.8 Å². The highest BCUT2D eigenvalue weighted by Gasteiger charge is 2.08. The Morgan fingerprint density at radius 3 is 3.00 bits per heavy atom. The van der Waals surface area contributed by atoms with Crippen LogP contribution in [0, 0.1) is 6.92 Å². The highest BCUT2D eigenvalue weighted by molar-refractivity contribution is 7.10. The Hall–Kier alpha value is -0.600. The van der Waals surface area contributed by atoms with Gasteiger partial charge in [0.2, 0.25) is 0 Å². The van der Waals surface area contributed by atoms with Crippen LogP contribution in [0.3, 0.4) is 0 Å². The van der Waals surface area contributed by atoms with Gasteiger partial charge in [0.25, 0.3) is 0 Å². The highest BCUT2D eigenvalue weighted by atomic mass is 32.1. The van der Waals surface area contributed by atoms with Crippen LogP contribution in [0.15, 0.2) is 17.5 Å². The summed E-state index contributed by atoms with van der Waals surface area (Å²) in [6, 6.07) is 2.21. The van der Waals surface area contributed by atoms with E-state index in [9.17, 15) is 0 Å². The molecule has 0 radical (unpaired) electrons. The first-order valence-electron chi connectivity index (χ1n) is 3.82. The van der Waals surface area contributed by atoms with Crippen molar-refractivity contribution in [1.82, 2.24) is 5.32 Å². The summed E-state index contributed by atoms with van der Waals surface area (Å²) in [5, 5.41) is 5.46. The van der Waals surface area contributed by atoms with E-state index in [0.29, 0.717) is 0 Å². The fourth-order valence-corrected chi connectivity index (χ4v) is 2.13. The minimum Gasteiger partial charge on any atom is -0.309 e.